The van der Waals surface area contributed by atoms with E-state index < -0.39 is 11.7 Å². The zero-order valence-electron chi connectivity index (χ0n) is 17.0. The molecule has 2 aromatic rings. The monoisotopic (exact) mass is 422 g/mol. The molecule has 0 saturated carbocycles. The van der Waals surface area contributed by atoms with E-state index in [1.807, 2.05) is 6.92 Å². The van der Waals surface area contributed by atoms with Gasteiger partial charge in [0.25, 0.3) is 0 Å². The van der Waals surface area contributed by atoms with Gasteiger partial charge >= 0.3 is 6.18 Å². The molecule has 162 valence electrons. The maximum atomic E-state index is 13.3. The minimum absolute atomic E-state index is 0.0263. The molecule has 1 aliphatic heterocycles. The van der Waals surface area contributed by atoms with Crippen molar-refractivity contribution in [3.8, 4) is 0 Å². The molecule has 3 rings (SSSR count). The van der Waals surface area contributed by atoms with Crippen molar-refractivity contribution in [1.82, 2.24) is 4.90 Å². The summed E-state index contributed by atoms with van der Waals surface area (Å²) in [6, 6.07) is 11.3. The Balaban J connectivity index is 1.63. The van der Waals surface area contributed by atoms with Crippen LogP contribution in [0.25, 0.3) is 0 Å². The molecule has 0 unspecified atom stereocenters. The van der Waals surface area contributed by atoms with Crippen molar-refractivity contribution in [3.05, 3.63) is 65.5 Å². The second-order valence-electron chi connectivity index (χ2n) is 7.69. The van der Waals surface area contributed by atoms with Gasteiger partial charge in [-0.1, -0.05) is 19.1 Å². The summed E-state index contributed by atoms with van der Waals surface area (Å²) >= 11 is 0. The van der Waals surface area contributed by atoms with Gasteiger partial charge in [0.1, 0.15) is 5.82 Å². The average molecular weight is 422 g/mol. The third-order valence-electron chi connectivity index (χ3n) is 5.45. The summed E-state index contributed by atoms with van der Waals surface area (Å²) < 4.78 is 51.5. The highest BCUT2D eigenvalue weighted by molar-refractivity contribution is 5.93. The largest absolute Gasteiger partial charge is 0.416 e. The Morgan fingerprint density at radius 1 is 1.03 bits per heavy atom. The Morgan fingerprint density at radius 2 is 1.63 bits per heavy atom. The van der Waals surface area contributed by atoms with Crippen LogP contribution >= 0.6 is 0 Å². The van der Waals surface area contributed by atoms with Gasteiger partial charge in [0.05, 0.1) is 5.56 Å². The van der Waals surface area contributed by atoms with E-state index in [4.69, 9.17) is 0 Å². The number of piperidine rings is 1. The third kappa shape index (κ3) is 5.59. The number of likely N-dealkylation sites (tertiary alicyclic amines) is 1. The summed E-state index contributed by atoms with van der Waals surface area (Å²) in [4.78, 5) is 16.7. The van der Waals surface area contributed by atoms with Crippen LogP contribution in [0.3, 0.4) is 0 Å². The quantitative estimate of drug-likeness (QED) is 0.563. The standard InChI is InChI=1S/C23H26F4N2O/c1-2-3-22(30)29(20-10-8-19(24)9-11-20)21-12-14-28(15-13-21)16-17-4-6-18(7-5-17)23(25,26)27/h4-11,21H,2-3,12-16H2,1H3. The van der Waals surface area contributed by atoms with Crippen molar-refractivity contribution in [2.24, 2.45) is 0 Å². The van der Waals surface area contributed by atoms with Crippen LogP contribution in [0, 0.1) is 5.82 Å². The van der Waals surface area contributed by atoms with Crippen molar-refractivity contribution < 1.29 is 22.4 Å². The van der Waals surface area contributed by atoms with Gasteiger partial charge in [-0.3, -0.25) is 9.69 Å². The van der Waals surface area contributed by atoms with Crippen molar-refractivity contribution in [3.63, 3.8) is 0 Å². The van der Waals surface area contributed by atoms with E-state index in [1.54, 1.807) is 17.0 Å². The third-order valence-corrected chi connectivity index (χ3v) is 5.45. The van der Waals surface area contributed by atoms with Gasteiger partial charge in [-0.05, 0) is 61.2 Å². The second-order valence-corrected chi connectivity index (χ2v) is 7.69. The smallest absolute Gasteiger partial charge is 0.309 e. The number of alkyl halides is 3. The molecule has 0 aromatic heterocycles. The van der Waals surface area contributed by atoms with Gasteiger partial charge in [0, 0.05) is 37.8 Å². The van der Waals surface area contributed by atoms with Gasteiger partial charge in [-0.15, -0.1) is 0 Å². The summed E-state index contributed by atoms with van der Waals surface area (Å²) in [6.45, 7) is 4.00. The molecule has 7 heteroatoms. The van der Waals surface area contributed by atoms with Crippen LogP contribution in [0.15, 0.2) is 48.5 Å². The predicted molar refractivity (Wildman–Crippen MR) is 109 cm³/mol. The van der Waals surface area contributed by atoms with E-state index in [2.05, 4.69) is 4.90 Å². The number of hydrogen-bond donors (Lipinski definition) is 0. The number of halogens is 4. The summed E-state index contributed by atoms with van der Waals surface area (Å²) in [5.74, 6) is -0.307. The molecule has 3 nitrogen and oxygen atoms in total. The highest BCUT2D eigenvalue weighted by atomic mass is 19.4. The highest BCUT2D eigenvalue weighted by Crippen LogP contribution is 2.30. The van der Waals surface area contributed by atoms with E-state index in [0.29, 0.717) is 18.7 Å². The number of carbonyl (C=O) groups excluding carboxylic acids is 1. The molecular weight excluding hydrogens is 396 g/mol. The van der Waals surface area contributed by atoms with E-state index in [-0.39, 0.29) is 17.8 Å². The summed E-state index contributed by atoms with van der Waals surface area (Å²) in [7, 11) is 0. The van der Waals surface area contributed by atoms with Crippen LogP contribution in [0.4, 0.5) is 23.2 Å². The first-order chi connectivity index (χ1) is 14.3. The lowest BCUT2D eigenvalue weighted by atomic mass is 10.0. The Morgan fingerprint density at radius 3 is 2.17 bits per heavy atom. The molecule has 0 atom stereocenters. The highest BCUT2D eigenvalue weighted by Gasteiger charge is 2.31. The fraction of sp³-hybridized carbons (Fsp3) is 0.435. The SMILES string of the molecule is CCCC(=O)N(c1ccc(F)cc1)C1CCN(Cc2ccc(C(F)(F)F)cc2)CC1. The molecule has 0 radical (unpaired) electrons. The molecule has 1 fully saturated rings. The zero-order valence-corrected chi connectivity index (χ0v) is 17.0. The van der Waals surface area contributed by atoms with E-state index in [0.717, 1.165) is 50.0 Å². The molecule has 0 N–H and O–H groups in total. The van der Waals surface area contributed by atoms with Crippen molar-refractivity contribution in [1.29, 1.82) is 0 Å². The minimum atomic E-state index is -4.33. The van der Waals surface area contributed by atoms with Crippen molar-refractivity contribution in [2.75, 3.05) is 18.0 Å². The van der Waals surface area contributed by atoms with Gasteiger partial charge in [-0.2, -0.15) is 13.2 Å². The number of hydrogen-bond acceptors (Lipinski definition) is 2. The van der Waals surface area contributed by atoms with Crippen LogP contribution in [-0.2, 0) is 17.5 Å². The van der Waals surface area contributed by atoms with E-state index in [9.17, 15) is 22.4 Å². The molecular formula is C23H26F4N2O. The Labute approximate surface area is 174 Å². The predicted octanol–water partition coefficient (Wildman–Crippen LogP) is 5.64. The van der Waals surface area contributed by atoms with Crippen molar-refractivity contribution in [2.45, 2.75) is 51.4 Å². The summed E-state index contributed by atoms with van der Waals surface area (Å²) in [6.07, 6.45) is -1.64. The number of rotatable bonds is 6. The lowest BCUT2D eigenvalue weighted by Crippen LogP contribution is -2.47. The summed E-state index contributed by atoms with van der Waals surface area (Å²) in [5.41, 5.74) is 0.893. The molecule has 0 aliphatic carbocycles. The number of nitrogens with zero attached hydrogens (tertiary/aromatic N) is 2. The molecule has 2 aromatic carbocycles. The molecule has 1 saturated heterocycles. The zero-order chi connectivity index (χ0) is 21.7. The van der Waals surface area contributed by atoms with E-state index >= 15 is 0 Å². The average Bonchev–Trinajstić information content (AvgIpc) is 2.71. The topological polar surface area (TPSA) is 23.6 Å². The molecule has 30 heavy (non-hydrogen) atoms. The number of benzene rings is 2. The van der Waals surface area contributed by atoms with Crippen LogP contribution in [0.5, 0.6) is 0 Å². The first-order valence-electron chi connectivity index (χ1n) is 10.2. The van der Waals surface area contributed by atoms with Crippen LogP contribution in [0.1, 0.15) is 43.7 Å². The lowest BCUT2D eigenvalue weighted by Gasteiger charge is -2.38. The van der Waals surface area contributed by atoms with Gasteiger partial charge in [0.15, 0.2) is 0 Å². The number of anilines is 1. The fourth-order valence-electron chi connectivity index (χ4n) is 3.89. The van der Waals surface area contributed by atoms with Crippen molar-refractivity contribution >= 4 is 11.6 Å². The Kier molecular flexibility index (Phi) is 7.13. The number of amides is 1. The van der Waals surface area contributed by atoms with Gasteiger partial charge < -0.3 is 4.90 Å². The normalized spacial score (nSPS) is 15.9. The Bertz CT molecular complexity index is 826. The van der Waals surface area contributed by atoms with Crippen LogP contribution in [0.2, 0.25) is 0 Å². The second kappa shape index (κ2) is 9.60. The first kappa shape index (κ1) is 22.3. The van der Waals surface area contributed by atoms with Crippen LogP contribution < -0.4 is 4.90 Å². The van der Waals surface area contributed by atoms with Crippen LogP contribution in [-0.4, -0.2) is 29.9 Å². The molecule has 0 bridgehead atoms. The van der Waals surface area contributed by atoms with Gasteiger partial charge in [-0.25, -0.2) is 4.39 Å². The lowest BCUT2D eigenvalue weighted by molar-refractivity contribution is -0.137. The Hall–Kier alpha value is -2.41. The summed E-state index contributed by atoms with van der Waals surface area (Å²) in [5, 5.41) is 0. The maximum absolute atomic E-state index is 13.3. The molecule has 1 aliphatic rings. The molecule has 1 amide bonds. The van der Waals surface area contributed by atoms with Gasteiger partial charge in [0.2, 0.25) is 5.91 Å². The minimum Gasteiger partial charge on any atom is -0.309 e. The first-order valence-corrected chi connectivity index (χ1v) is 10.2. The maximum Gasteiger partial charge on any atom is 0.416 e. The fourth-order valence-corrected chi connectivity index (χ4v) is 3.89. The molecule has 1 heterocycles. The number of carbonyl (C=O) groups is 1. The molecule has 0 spiro atoms. The van der Waals surface area contributed by atoms with E-state index in [1.165, 1.54) is 24.3 Å².